The van der Waals surface area contributed by atoms with Crippen LogP contribution >= 0.6 is 11.3 Å². The van der Waals surface area contributed by atoms with Crippen molar-refractivity contribution >= 4 is 17.3 Å². The van der Waals surface area contributed by atoms with Gasteiger partial charge in [-0.2, -0.15) is 5.10 Å². The van der Waals surface area contributed by atoms with E-state index in [0.717, 1.165) is 17.0 Å². The molecule has 0 aliphatic heterocycles. The van der Waals surface area contributed by atoms with Crippen LogP contribution in [0, 0.1) is 0 Å². The summed E-state index contributed by atoms with van der Waals surface area (Å²) >= 11 is 1.28. The highest BCUT2D eigenvalue weighted by Gasteiger charge is 2.18. The van der Waals surface area contributed by atoms with E-state index in [1.165, 1.54) is 11.3 Å². The van der Waals surface area contributed by atoms with Crippen molar-refractivity contribution in [2.45, 2.75) is 39.8 Å². The molecule has 0 saturated carbocycles. The van der Waals surface area contributed by atoms with Crippen molar-refractivity contribution in [2.24, 2.45) is 0 Å². The van der Waals surface area contributed by atoms with Crippen LogP contribution in [-0.2, 0) is 13.2 Å². The highest BCUT2D eigenvalue weighted by atomic mass is 32.1. The molecule has 5 nitrogen and oxygen atoms in total. The Labute approximate surface area is 121 Å². The Hall–Kier alpha value is -1.82. The zero-order valence-corrected chi connectivity index (χ0v) is 12.6. The van der Waals surface area contributed by atoms with Crippen molar-refractivity contribution in [1.29, 1.82) is 0 Å². The number of carbonyl (C=O) groups is 1. The first kappa shape index (κ1) is 14.6. The van der Waals surface area contributed by atoms with Crippen molar-refractivity contribution in [1.82, 2.24) is 9.78 Å². The van der Waals surface area contributed by atoms with Gasteiger partial charge in [0.25, 0.3) is 0 Å². The molecule has 20 heavy (non-hydrogen) atoms. The van der Waals surface area contributed by atoms with Gasteiger partial charge in [-0.15, -0.1) is 11.3 Å². The van der Waals surface area contributed by atoms with Crippen molar-refractivity contribution in [3.05, 3.63) is 33.8 Å². The van der Waals surface area contributed by atoms with Gasteiger partial charge in [0, 0.05) is 23.2 Å². The highest BCUT2D eigenvalue weighted by molar-refractivity contribution is 7.14. The predicted molar refractivity (Wildman–Crippen MR) is 77.6 cm³/mol. The summed E-state index contributed by atoms with van der Waals surface area (Å²) in [6.07, 6.45) is 3.63. The Morgan fingerprint density at radius 1 is 1.55 bits per heavy atom. The highest BCUT2D eigenvalue weighted by Crippen LogP contribution is 2.34. The van der Waals surface area contributed by atoms with Crippen LogP contribution < -0.4 is 4.74 Å². The standard InChI is InChI=1S/C14H18N2O3S/c1-4-16-7-10(6-15-16)8-19-11-5-12(9(2)3)20-13(11)14(17)18/h5-7,9H,4,8H2,1-3H3,(H,17,18). The Kier molecular flexibility index (Phi) is 4.44. The minimum absolute atomic E-state index is 0.261. The lowest BCUT2D eigenvalue weighted by molar-refractivity contribution is 0.0697. The molecule has 1 N–H and O–H groups in total. The van der Waals surface area contributed by atoms with E-state index in [2.05, 4.69) is 5.10 Å². The molecule has 2 aromatic rings. The second-order valence-corrected chi connectivity index (χ2v) is 5.88. The van der Waals surface area contributed by atoms with Gasteiger partial charge in [0.1, 0.15) is 12.4 Å². The van der Waals surface area contributed by atoms with Crippen molar-refractivity contribution < 1.29 is 14.6 Å². The summed E-state index contributed by atoms with van der Waals surface area (Å²) in [6, 6.07) is 1.82. The van der Waals surface area contributed by atoms with Crippen LogP contribution in [0.5, 0.6) is 5.75 Å². The van der Waals surface area contributed by atoms with Gasteiger partial charge in [0.05, 0.1) is 6.20 Å². The summed E-state index contributed by atoms with van der Waals surface area (Å²) < 4.78 is 7.46. The van der Waals surface area contributed by atoms with E-state index in [4.69, 9.17) is 4.74 Å². The van der Waals surface area contributed by atoms with Crippen molar-refractivity contribution in [2.75, 3.05) is 0 Å². The first-order chi connectivity index (χ1) is 9.51. The summed E-state index contributed by atoms with van der Waals surface area (Å²) in [7, 11) is 0. The molecule has 0 spiro atoms. The van der Waals surface area contributed by atoms with E-state index in [9.17, 15) is 9.90 Å². The van der Waals surface area contributed by atoms with Crippen LogP contribution in [0.1, 0.15) is 46.8 Å². The number of hydrogen-bond donors (Lipinski definition) is 1. The first-order valence-corrected chi connectivity index (χ1v) is 7.34. The molecule has 108 valence electrons. The normalized spacial score (nSPS) is 11.0. The van der Waals surface area contributed by atoms with Gasteiger partial charge in [-0.05, 0) is 18.9 Å². The molecule has 0 amide bonds. The molecule has 6 heteroatoms. The molecule has 0 atom stereocenters. The lowest BCUT2D eigenvalue weighted by atomic mass is 10.2. The monoisotopic (exact) mass is 294 g/mol. The van der Waals surface area contributed by atoms with Gasteiger partial charge >= 0.3 is 5.97 Å². The zero-order valence-electron chi connectivity index (χ0n) is 11.8. The van der Waals surface area contributed by atoms with Gasteiger partial charge in [0.2, 0.25) is 0 Å². The predicted octanol–water partition coefficient (Wildman–Crippen LogP) is 3.37. The molecule has 0 aromatic carbocycles. The summed E-state index contributed by atoms with van der Waals surface area (Å²) in [5.74, 6) is -0.213. The fourth-order valence-electron chi connectivity index (χ4n) is 1.75. The maximum Gasteiger partial charge on any atom is 0.349 e. The molecule has 0 fully saturated rings. The van der Waals surface area contributed by atoms with E-state index < -0.39 is 5.97 Å². The summed E-state index contributed by atoms with van der Waals surface area (Å²) in [6.45, 7) is 7.21. The third-order valence-corrected chi connectivity index (χ3v) is 4.29. The number of rotatable bonds is 6. The second kappa shape index (κ2) is 6.09. The molecule has 2 rings (SSSR count). The topological polar surface area (TPSA) is 64.3 Å². The number of aromatic carboxylic acids is 1. The third-order valence-electron chi connectivity index (χ3n) is 2.89. The number of aromatic nitrogens is 2. The van der Waals surface area contributed by atoms with E-state index in [1.54, 1.807) is 6.20 Å². The maximum absolute atomic E-state index is 11.2. The van der Waals surface area contributed by atoms with Crippen molar-refractivity contribution in [3.63, 3.8) is 0 Å². The van der Waals surface area contributed by atoms with Crippen molar-refractivity contribution in [3.8, 4) is 5.75 Å². The summed E-state index contributed by atoms with van der Waals surface area (Å²) in [5, 5.41) is 13.4. The molecule has 2 aromatic heterocycles. The molecule has 0 aliphatic rings. The van der Waals surface area contributed by atoms with Crippen LogP contribution in [0.2, 0.25) is 0 Å². The largest absolute Gasteiger partial charge is 0.487 e. The quantitative estimate of drug-likeness (QED) is 0.887. The Morgan fingerprint density at radius 3 is 2.85 bits per heavy atom. The lowest BCUT2D eigenvalue weighted by Crippen LogP contribution is -1.99. The third kappa shape index (κ3) is 3.19. The molecular weight excluding hydrogens is 276 g/mol. The molecule has 0 radical (unpaired) electrons. The number of thiophene rings is 1. The molecule has 0 bridgehead atoms. The second-order valence-electron chi connectivity index (χ2n) is 4.79. The van der Waals surface area contributed by atoms with Gasteiger partial charge < -0.3 is 9.84 Å². The Bertz CT molecular complexity index is 601. The first-order valence-electron chi connectivity index (χ1n) is 6.52. The number of carboxylic acids is 1. The number of ether oxygens (including phenoxy) is 1. The fraction of sp³-hybridized carbons (Fsp3) is 0.429. The smallest absolute Gasteiger partial charge is 0.349 e. The van der Waals surface area contributed by atoms with E-state index in [1.807, 2.05) is 37.7 Å². The zero-order chi connectivity index (χ0) is 14.7. The molecule has 0 saturated heterocycles. The minimum Gasteiger partial charge on any atom is -0.487 e. The molecule has 0 aliphatic carbocycles. The average molecular weight is 294 g/mol. The van der Waals surface area contributed by atoms with E-state index >= 15 is 0 Å². The Balaban J connectivity index is 2.13. The maximum atomic E-state index is 11.2. The van der Waals surface area contributed by atoms with Gasteiger partial charge in [0.15, 0.2) is 4.88 Å². The van der Waals surface area contributed by atoms with Gasteiger partial charge in [-0.3, -0.25) is 4.68 Å². The molecule has 2 heterocycles. The SMILES string of the molecule is CCn1cc(COc2cc(C(C)C)sc2C(=O)O)cn1. The van der Waals surface area contributed by atoms with Crippen LogP contribution in [0.3, 0.4) is 0 Å². The number of aryl methyl sites for hydroxylation is 1. The van der Waals surface area contributed by atoms with Crippen LogP contribution in [0.4, 0.5) is 0 Å². The Morgan fingerprint density at radius 2 is 2.30 bits per heavy atom. The molecular formula is C14H18N2O3S. The van der Waals surface area contributed by atoms with Crippen LogP contribution in [0.25, 0.3) is 0 Å². The van der Waals surface area contributed by atoms with E-state index in [-0.39, 0.29) is 4.88 Å². The lowest BCUT2D eigenvalue weighted by Gasteiger charge is -2.03. The summed E-state index contributed by atoms with van der Waals surface area (Å²) in [5.41, 5.74) is 0.931. The molecule has 0 unspecified atom stereocenters. The van der Waals surface area contributed by atoms with Crippen LogP contribution in [-0.4, -0.2) is 20.9 Å². The summed E-state index contributed by atoms with van der Waals surface area (Å²) in [4.78, 5) is 12.5. The number of carboxylic acid groups (broad SMARTS) is 1. The number of hydrogen-bond acceptors (Lipinski definition) is 4. The van der Waals surface area contributed by atoms with Crippen LogP contribution in [0.15, 0.2) is 18.5 Å². The minimum atomic E-state index is -0.943. The number of nitrogens with zero attached hydrogens (tertiary/aromatic N) is 2. The van der Waals surface area contributed by atoms with Gasteiger partial charge in [-0.25, -0.2) is 4.79 Å². The van der Waals surface area contributed by atoms with Gasteiger partial charge in [-0.1, -0.05) is 13.8 Å². The van der Waals surface area contributed by atoms with E-state index in [0.29, 0.717) is 18.3 Å². The fourth-order valence-corrected chi connectivity index (χ4v) is 2.69. The average Bonchev–Trinajstić information content (AvgIpc) is 3.02.